The highest BCUT2D eigenvalue weighted by molar-refractivity contribution is 6.39. The van der Waals surface area contributed by atoms with E-state index in [4.69, 9.17) is 34.8 Å². The molecule has 3 fully saturated rings. The molecular weight excluding hydrogens is 1010 g/mol. The van der Waals surface area contributed by atoms with Gasteiger partial charge in [-0.2, -0.15) is 0 Å². The fourth-order valence-corrected chi connectivity index (χ4v) is 12.1. The lowest BCUT2D eigenvalue weighted by Gasteiger charge is -2.42. The molecule has 14 heteroatoms. The van der Waals surface area contributed by atoms with Gasteiger partial charge < -0.3 is 43.5 Å². The summed E-state index contributed by atoms with van der Waals surface area (Å²) in [5.74, 6) is -5.32. The van der Waals surface area contributed by atoms with Gasteiger partial charge in [0, 0.05) is 64.0 Å². The summed E-state index contributed by atoms with van der Waals surface area (Å²) in [6.45, 7) is 13.2. The number of aliphatic hydroxyl groups excluding tert-OH is 1. The number of amides is 1. The standard InChI is InChI=1S/C66H89NO13/c1-12-48-22-18-24-51(35-48)52-25-19-23-50(36-52)40-78-56-30-28-49(37-59(56)76-10)34-44(5)58-39-55(68)43(4)33-46(7)61(70)62(77-11)60(69)45(6)32-41(2)20-14-13-15-21-42(3)57(75-9)38-53-29-27-47(8)66(74,80-53)63(71)64(72)67-31-17-16-26-54(67)65(73)79-58/h1,13-15,18-25,33,35-36,41,43-45,47,49,53-54,56-59,61-62,70,74H,16-17,26-32,34,37-40H2,2-11H3/b15-13+,20-14+,42-21+,46-33+/t41-,43-,44-,45-,47-,49+,53+,54+,56-,57+,58+,59-,61-,62+,66-/m1/s1. The first-order valence-corrected chi connectivity index (χ1v) is 29.0. The van der Waals surface area contributed by atoms with Crippen LogP contribution in [0.3, 0.4) is 0 Å². The van der Waals surface area contributed by atoms with Crippen LogP contribution in [0.1, 0.15) is 137 Å². The monoisotopic (exact) mass is 1100 g/mol. The second-order valence-corrected chi connectivity index (χ2v) is 23.3. The highest BCUT2D eigenvalue weighted by Crippen LogP contribution is 2.38. The van der Waals surface area contributed by atoms with Gasteiger partial charge in [0.2, 0.25) is 5.79 Å². The van der Waals surface area contributed by atoms with Crippen molar-refractivity contribution in [2.45, 2.75) is 187 Å². The number of allylic oxidation sites excluding steroid dienone is 6. The summed E-state index contributed by atoms with van der Waals surface area (Å²) in [5, 5.41) is 23.7. The van der Waals surface area contributed by atoms with E-state index in [2.05, 4.69) is 12.0 Å². The van der Waals surface area contributed by atoms with Gasteiger partial charge in [-0.3, -0.25) is 19.2 Å². The summed E-state index contributed by atoms with van der Waals surface area (Å²) in [5.41, 5.74) is 5.16. The molecule has 6 rings (SSSR count). The minimum atomic E-state index is -2.44. The summed E-state index contributed by atoms with van der Waals surface area (Å²) >= 11 is 0. The normalized spacial score (nSPS) is 34.9. The Bertz CT molecular complexity index is 2610. The van der Waals surface area contributed by atoms with Crippen LogP contribution >= 0.6 is 0 Å². The third kappa shape index (κ3) is 16.6. The molecule has 3 aliphatic heterocycles. The molecule has 0 spiro atoms. The zero-order chi connectivity index (χ0) is 58.3. The number of ether oxygens (including phenoxy) is 6. The lowest BCUT2D eigenvalue weighted by Crippen LogP contribution is -2.61. The number of carbonyl (C=O) groups is 5. The number of Topliss-reactive ketones (excluding diaryl/α,β-unsaturated/α-hetero) is 3. The minimum absolute atomic E-state index is 0.00915. The first kappa shape index (κ1) is 63.8. The molecule has 2 N–H and O–H groups in total. The van der Waals surface area contributed by atoms with Crippen LogP contribution in [-0.4, -0.2) is 127 Å². The molecule has 2 aromatic rings. The molecule has 0 unspecified atom stereocenters. The predicted octanol–water partition coefficient (Wildman–Crippen LogP) is 10.1. The number of aliphatic hydroxyl groups is 2. The average Bonchev–Trinajstić information content (AvgIpc) is 3.47. The van der Waals surface area contributed by atoms with Gasteiger partial charge in [0.05, 0.1) is 31.0 Å². The number of ketones is 3. The Morgan fingerprint density at radius 1 is 0.825 bits per heavy atom. The zero-order valence-corrected chi connectivity index (χ0v) is 49.0. The lowest BCUT2D eigenvalue weighted by atomic mass is 9.78. The van der Waals surface area contributed by atoms with E-state index in [0.29, 0.717) is 63.5 Å². The lowest BCUT2D eigenvalue weighted by molar-refractivity contribution is -0.265. The van der Waals surface area contributed by atoms with E-state index < -0.39 is 77.8 Å². The van der Waals surface area contributed by atoms with E-state index in [1.165, 1.54) is 12.0 Å². The Morgan fingerprint density at radius 3 is 2.27 bits per heavy atom. The maximum absolute atomic E-state index is 14.7. The molecule has 4 aliphatic rings. The zero-order valence-electron chi connectivity index (χ0n) is 49.0. The molecule has 0 radical (unpaired) electrons. The van der Waals surface area contributed by atoms with Crippen molar-refractivity contribution in [3.63, 3.8) is 0 Å². The van der Waals surface area contributed by atoms with Crippen molar-refractivity contribution in [1.82, 2.24) is 4.90 Å². The van der Waals surface area contributed by atoms with Crippen LogP contribution in [-0.2, 0) is 59.0 Å². The topological polar surface area (TPSA) is 184 Å². The number of hydrogen-bond acceptors (Lipinski definition) is 13. The maximum Gasteiger partial charge on any atom is 0.329 e. The number of fused-ring (bicyclic) bond motifs is 3. The van der Waals surface area contributed by atoms with Crippen molar-refractivity contribution in [2.75, 3.05) is 27.9 Å². The molecule has 3 heterocycles. The molecule has 15 atom stereocenters. The Morgan fingerprint density at radius 2 is 1.56 bits per heavy atom. The highest BCUT2D eigenvalue weighted by atomic mass is 16.6. The van der Waals surface area contributed by atoms with Crippen molar-refractivity contribution >= 4 is 29.2 Å². The van der Waals surface area contributed by atoms with Crippen LogP contribution in [0.4, 0.5) is 0 Å². The maximum atomic E-state index is 14.7. The smallest absolute Gasteiger partial charge is 0.329 e. The number of nitrogens with zero attached hydrogens (tertiary/aromatic N) is 1. The number of rotatable bonds is 10. The number of hydrogen-bond donors (Lipinski definition) is 2. The quantitative estimate of drug-likeness (QED) is 0.0993. The van der Waals surface area contributed by atoms with Crippen LogP contribution in [0.15, 0.2) is 96.1 Å². The number of benzene rings is 2. The van der Waals surface area contributed by atoms with E-state index in [0.717, 1.165) is 40.7 Å². The third-order valence-electron chi connectivity index (χ3n) is 17.2. The predicted molar refractivity (Wildman–Crippen MR) is 308 cm³/mol. The van der Waals surface area contributed by atoms with Gasteiger partial charge in [-0.1, -0.05) is 107 Å². The fourth-order valence-electron chi connectivity index (χ4n) is 12.1. The van der Waals surface area contributed by atoms with Gasteiger partial charge in [0.25, 0.3) is 11.7 Å². The largest absolute Gasteiger partial charge is 0.460 e. The second kappa shape index (κ2) is 30.1. The summed E-state index contributed by atoms with van der Waals surface area (Å²) in [6.07, 6.45) is 17.6. The Hall–Kier alpha value is -5.37. The minimum Gasteiger partial charge on any atom is -0.460 e. The molecule has 14 nitrogen and oxygen atoms in total. The highest BCUT2D eigenvalue weighted by Gasteiger charge is 2.53. The SMILES string of the molecule is C#Cc1cccc(-c2cccc(CO[C@@H]3CC[C@@H](C[C@@H](C)[C@@H]4CC(=O)[C@H](C)/C=C(\C)[C@@H](O)[C@@H](OC)C(=O)[C@H](C)C[C@H](C)/C=C/C=C/C=C(\C)[C@@H](OC)C[C@@H]5CC[C@@H](C)[C@@](O)(O5)C(=O)C(=O)N5CCCC[C@H]5C(=O)O4)C[C@H]3OC)c2)c1. The molecule has 1 amide bonds. The second-order valence-electron chi connectivity index (χ2n) is 23.3. The Labute approximate surface area is 475 Å². The van der Waals surface area contributed by atoms with Gasteiger partial charge in [-0.05, 0) is 142 Å². The van der Waals surface area contributed by atoms with E-state index in [-0.39, 0.29) is 60.9 Å². The van der Waals surface area contributed by atoms with E-state index in [1.807, 2.05) is 101 Å². The number of carbonyl (C=O) groups excluding carboxylic acids is 5. The summed E-state index contributed by atoms with van der Waals surface area (Å²) < 4.78 is 36.8. The summed E-state index contributed by atoms with van der Waals surface area (Å²) in [6, 6.07) is 14.9. The molecule has 2 bridgehead atoms. The van der Waals surface area contributed by atoms with Gasteiger partial charge in [0.1, 0.15) is 30.1 Å². The van der Waals surface area contributed by atoms with Crippen LogP contribution in [0, 0.1) is 47.9 Å². The van der Waals surface area contributed by atoms with Crippen LogP contribution in [0.2, 0.25) is 0 Å². The van der Waals surface area contributed by atoms with E-state index in [1.54, 1.807) is 41.1 Å². The van der Waals surface area contributed by atoms with Crippen molar-refractivity contribution < 1.29 is 62.6 Å². The van der Waals surface area contributed by atoms with E-state index >= 15 is 0 Å². The Kier molecular flexibility index (Phi) is 24.0. The molecule has 0 aromatic heterocycles. The number of piperidine rings is 1. The number of terminal acetylenes is 1. The number of esters is 1. The van der Waals surface area contributed by atoms with Gasteiger partial charge in [-0.15, -0.1) is 6.42 Å². The Balaban J connectivity index is 1.24. The molecule has 436 valence electrons. The molecule has 1 aliphatic carbocycles. The summed E-state index contributed by atoms with van der Waals surface area (Å²) in [7, 11) is 4.65. The van der Waals surface area contributed by atoms with Crippen molar-refractivity contribution in [2.24, 2.45) is 35.5 Å². The van der Waals surface area contributed by atoms with Crippen LogP contribution < -0.4 is 0 Å². The summed E-state index contributed by atoms with van der Waals surface area (Å²) in [4.78, 5) is 73.0. The molecule has 80 heavy (non-hydrogen) atoms. The van der Waals surface area contributed by atoms with Crippen molar-refractivity contribution in [3.8, 4) is 23.5 Å². The first-order valence-electron chi connectivity index (χ1n) is 29.0. The molecule has 1 saturated carbocycles. The van der Waals surface area contributed by atoms with Crippen LogP contribution in [0.5, 0.6) is 0 Å². The van der Waals surface area contributed by atoms with Gasteiger partial charge in [0.15, 0.2) is 5.78 Å². The molecule has 2 aromatic carbocycles. The third-order valence-corrected chi connectivity index (χ3v) is 17.2. The van der Waals surface area contributed by atoms with Crippen molar-refractivity contribution in [3.05, 3.63) is 107 Å². The first-order chi connectivity index (χ1) is 38.2. The van der Waals surface area contributed by atoms with E-state index in [9.17, 15) is 34.2 Å². The average molecular weight is 1100 g/mol. The van der Waals surface area contributed by atoms with Gasteiger partial charge >= 0.3 is 5.97 Å². The van der Waals surface area contributed by atoms with Crippen molar-refractivity contribution in [1.29, 1.82) is 0 Å². The fraction of sp³-hybridized carbons (Fsp3) is 0.591. The number of cyclic esters (lactones) is 1. The molecule has 2 saturated heterocycles. The molecular formula is C66H89NO13. The van der Waals surface area contributed by atoms with Gasteiger partial charge in [-0.25, -0.2) is 4.79 Å². The van der Waals surface area contributed by atoms with Crippen LogP contribution in [0.25, 0.3) is 11.1 Å². The number of methoxy groups -OCH3 is 3.